The van der Waals surface area contributed by atoms with Crippen LogP contribution in [0.2, 0.25) is 0 Å². The Morgan fingerprint density at radius 1 is 0.313 bits per heavy atom. The number of ether oxygens (including phenoxy) is 4. The minimum Gasteiger partial charge on any atom is -0.477 e. The zero-order valence-corrected chi connectivity index (χ0v) is 66.4. The number of aliphatic carboxylic acids is 1. The number of carbonyl (C=O) groups is 3. The molecular weight excluding hydrogens is 1220 g/mol. The molecule has 0 bridgehead atoms. The molecule has 0 heterocycles. The van der Waals surface area contributed by atoms with Gasteiger partial charge in [-0.25, -0.2) is 4.79 Å². The van der Waals surface area contributed by atoms with Crippen molar-refractivity contribution in [3.8, 4) is 0 Å². The maximum absolute atomic E-state index is 13.0. The summed E-state index contributed by atoms with van der Waals surface area (Å²) in [6.45, 7) is 4.84. The number of quaternary nitrogens is 1. The SMILES string of the molecule is CC/C=C\C/C=C\C/C=C\C/C=C\C/C=C\CCCCCCCCCCCCCCCCCCCCCCCC(=O)OC(COC(=O)CCCCCCCCCCCCCCCCCCCCCCCCCCC/C=C\CCCCCCCCCC)COC(OCC[N+](C)(C)C)C(=O)O. The smallest absolute Gasteiger partial charge is 0.361 e. The Morgan fingerprint density at radius 3 is 0.869 bits per heavy atom. The van der Waals surface area contributed by atoms with Gasteiger partial charge < -0.3 is 28.5 Å². The molecule has 0 saturated heterocycles. The number of carboxylic acids is 1. The van der Waals surface area contributed by atoms with Crippen molar-refractivity contribution in [2.24, 2.45) is 0 Å². The lowest BCUT2D eigenvalue weighted by molar-refractivity contribution is -0.870. The van der Waals surface area contributed by atoms with Crippen molar-refractivity contribution in [1.82, 2.24) is 0 Å². The number of rotatable bonds is 81. The number of hydrogen-bond acceptors (Lipinski definition) is 7. The highest BCUT2D eigenvalue weighted by molar-refractivity contribution is 5.71. The molecule has 0 aromatic heterocycles. The molecule has 0 rings (SSSR count). The molecule has 0 radical (unpaired) electrons. The molecule has 2 atom stereocenters. The van der Waals surface area contributed by atoms with E-state index in [1.165, 1.54) is 327 Å². The Kier molecular flexibility index (Phi) is 77.8. The molecule has 0 saturated carbocycles. The van der Waals surface area contributed by atoms with Crippen LogP contribution in [0.3, 0.4) is 0 Å². The highest BCUT2D eigenvalue weighted by atomic mass is 16.7. The van der Waals surface area contributed by atoms with Crippen molar-refractivity contribution in [2.45, 2.75) is 437 Å². The Labute approximate surface area is 615 Å². The fraction of sp³-hybridized carbons (Fsp3) is 0.833. The number of nitrogens with zero attached hydrogens (tertiary/aromatic N) is 1. The van der Waals surface area contributed by atoms with Crippen LogP contribution in [0.5, 0.6) is 0 Å². The third kappa shape index (κ3) is 81.9. The number of hydrogen-bond donors (Lipinski definition) is 1. The minimum atomic E-state index is -1.51. The van der Waals surface area contributed by atoms with Crippen LogP contribution in [-0.2, 0) is 33.3 Å². The van der Waals surface area contributed by atoms with Crippen LogP contribution in [0.15, 0.2) is 72.9 Å². The molecule has 0 aliphatic carbocycles. The molecule has 1 N–H and O–H groups in total. The van der Waals surface area contributed by atoms with E-state index in [2.05, 4.69) is 86.8 Å². The third-order valence-corrected chi connectivity index (χ3v) is 19.4. The highest BCUT2D eigenvalue weighted by Gasteiger charge is 2.25. The first-order chi connectivity index (χ1) is 48.6. The summed E-state index contributed by atoms with van der Waals surface area (Å²) in [5, 5.41) is 9.79. The summed E-state index contributed by atoms with van der Waals surface area (Å²) in [5.41, 5.74) is 0. The van der Waals surface area contributed by atoms with E-state index in [1.54, 1.807) is 0 Å². The zero-order chi connectivity index (χ0) is 71.8. The van der Waals surface area contributed by atoms with Gasteiger partial charge in [-0.15, -0.1) is 0 Å². The van der Waals surface area contributed by atoms with Gasteiger partial charge in [-0.1, -0.05) is 401 Å². The van der Waals surface area contributed by atoms with Gasteiger partial charge in [0, 0.05) is 12.8 Å². The van der Waals surface area contributed by atoms with Crippen LogP contribution >= 0.6 is 0 Å². The molecule has 0 amide bonds. The quantitative estimate of drug-likeness (QED) is 0.0211. The predicted molar refractivity (Wildman–Crippen MR) is 429 cm³/mol. The first-order valence-corrected chi connectivity index (χ1v) is 43.1. The summed E-state index contributed by atoms with van der Waals surface area (Å²) < 4.78 is 23.1. The average molecular weight is 1390 g/mol. The number of carbonyl (C=O) groups excluding carboxylic acids is 2. The first-order valence-electron chi connectivity index (χ1n) is 43.1. The first kappa shape index (κ1) is 95.7. The van der Waals surface area contributed by atoms with Gasteiger partial charge in [0.15, 0.2) is 6.10 Å². The van der Waals surface area contributed by atoms with Crippen LogP contribution in [0.25, 0.3) is 0 Å². The van der Waals surface area contributed by atoms with E-state index in [0.717, 1.165) is 70.6 Å². The summed E-state index contributed by atoms with van der Waals surface area (Å²) in [4.78, 5) is 37.8. The lowest BCUT2D eigenvalue weighted by atomic mass is 10.0. The fourth-order valence-electron chi connectivity index (χ4n) is 12.9. The maximum atomic E-state index is 13.0. The second-order valence-corrected chi connectivity index (χ2v) is 30.5. The van der Waals surface area contributed by atoms with Crippen molar-refractivity contribution in [3.63, 3.8) is 0 Å². The van der Waals surface area contributed by atoms with Gasteiger partial charge in [-0.05, 0) is 83.5 Å². The van der Waals surface area contributed by atoms with Crippen LogP contribution in [0.1, 0.15) is 425 Å². The van der Waals surface area contributed by atoms with E-state index < -0.39 is 18.4 Å². The number of allylic oxidation sites excluding steroid dienone is 12. The van der Waals surface area contributed by atoms with Gasteiger partial charge in [0.2, 0.25) is 0 Å². The van der Waals surface area contributed by atoms with Crippen LogP contribution in [0.4, 0.5) is 0 Å². The van der Waals surface area contributed by atoms with Gasteiger partial charge >= 0.3 is 17.9 Å². The Bertz CT molecular complexity index is 1860. The molecule has 0 aliphatic rings. The molecule has 99 heavy (non-hydrogen) atoms. The van der Waals surface area contributed by atoms with E-state index in [-0.39, 0.29) is 38.2 Å². The largest absolute Gasteiger partial charge is 0.477 e. The summed E-state index contributed by atoms with van der Waals surface area (Å²) in [6, 6.07) is 0. The molecule has 9 heteroatoms. The lowest BCUT2D eigenvalue weighted by Gasteiger charge is -2.25. The minimum absolute atomic E-state index is 0.177. The van der Waals surface area contributed by atoms with E-state index in [0.29, 0.717) is 17.4 Å². The molecule has 2 unspecified atom stereocenters. The van der Waals surface area contributed by atoms with Gasteiger partial charge in [0.25, 0.3) is 6.29 Å². The topological polar surface area (TPSA) is 108 Å². The molecule has 9 nitrogen and oxygen atoms in total. The van der Waals surface area contributed by atoms with E-state index in [1.807, 2.05) is 21.1 Å². The second kappa shape index (κ2) is 80.4. The summed E-state index contributed by atoms with van der Waals surface area (Å²) in [5.74, 6) is -1.97. The lowest BCUT2D eigenvalue weighted by Crippen LogP contribution is -2.40. The molecule has 0 spiro atoms. The van der Waals surface area contributed by atoms with Crippen LogP contribution in [-0.4, -0.2) is 87.4 Å². The van der Waals surface area contributed by atoms with Crippen molar-refractivity contribution < 1.29 is 42.9 Å². The zero-order valence-electron chi connectivity index (χ0n) is 66.4. The summed E-state index contributed by atoms with van der Waals surface area (Å²) >= 11 is 0. The number of carboxylic acid groups (broad SMARTS) is 1. The Balaban J connectivity index is 3.93. The van der Waals surface area contributed by atoms with Gasteiger partial charge in [-0.2, -0.15) is 0 Å². The van der Waals surface area contributed by atoms with E-state index in [9.17, 15) is 19.5 Å². The van der Waals surface area contributed by atoms with Crippen molar-refractivity contribution in [2.75, 3.05) is 47.5 Å². The second-order valence-electron chi connectivity index (χ2n) is 30.5. The fourth-order valence-corrected chi connectivity index (χ4v) is 12.9. The van der Waals surface area contributed by atoms with Crippen molar-refractivity contribution >= 4 is 17.9 Å². The van der Waals surface area contributed by atoms with Crippen LogP contribution in [0, 0.1) is 0 Å². The van der Waals surface area contributed by atoms with Gasteiger partial charge in [-0.3, -0.25) is 9.59 Å². The van der Waals surface area contributed by atoms with E-state index in [4.69, 9.17) is 18.9 Å². The normalized spacial score (nSPS) is 12.9. The molecule has 0 fully saturated rings. The van der Waals surface area contributed by atoms with Gasteiger partial charge in [0.1, 0.15) is 13.2 Å². The molecule has 0 aromatic carbocycles. The molecule has 0 aromatic rings. The van der Waals surface area contributed by atoms with Gasteiger partial charge in [0.05, 0.1) is 34.4 Å². The molecule has 0 aliphatic heterocycles. The van der Waals surface area contributed by atoms with E-state index >= 15 is 0 Å². The van der Waals surface area contributed by atoms with Crippen LogP contribution < -0.4 is 0 Å². The average Bonchev–Trinajstić information content (AvgIpc) is 2.19. The number of esters is 2. The third-order valence-electron chi connectivity index (χ3n) is 19.4. The monoisotopic (exact) mass is 1390 g/mol. The summed E-state index contributed by atoms with van der Waals surface area (Å²) in [7, 11) is 6.00. The molecular formula is C90H166NO8+. The standard InChI is InChI=1S/C90H165NO8/c1-6-8-10-12-14-16-18-20-22-24-26-28-30-32-34-36-38-40-42-44-46-48-50-52-54-56-58-60-62-64-66-68-70-72-74-76-78-80-87(92)97-84-86(85-98-90(89(94)95)96-83-82-91(3,4)5)99-88(93)81-79-77-75-73-71-69-67-65-63-61-59-57-55-53-51-49-47-45-43-41-39-37-35-33-31-29-27-25-23-21-19-17-15-13-11-9-7-2/h9,11,15,17,21,23-24,26-27,29,33,35,86,90H,6-8,10,12-14,16,18-20,22,25,28,30-32,34,36-85H2,1-5H3/p+1/b11-9-,17-15-,23-21-,26-24-,29-27-,35-33-. The Hall–Kier alpha value is -3.27. The number of unbranched alkanes of at least 4 members (excludes halogenated alkanes) is 54. The highest BCUT2D eigenvalue weighted by Crippen LogP contribution is 2.20. The molecule has 578 valence electrons. The summed E-state index contributed by atoms with van der Waals surface area (Å²) in [6.07, 6.45) is 107. The number of likely N-dealkylation sites (N-methyl/N-ethyl adjacent to an activating group) is 1. The Morgan fingerprint density at radius 2 is 0.576 bits per heavy atom. The maximum Gasteiger partial charge on any atom is 0.361 e. The van der Waals surface area contributed by atoms with Crippen molar-refractivity contribution in [3.05, 3.63) is 72.9 Å². The predicted octanol–water partition coefficient (Wildman–Crippen LogP) is 27.9. The van der Waals surface area contributed by atoms with Crippen molar-refractivity contribution in [1.29, 1.82) is 0 Å².